The molecule has 0 atom stereocenters. The summed E-state index contributed by atoms with van der Waals surface area (Å²) in [6.07, 6.45) is 1.82. The number of aliphatic hydroxyl groups is 1. The van der Waals surface area contributed by atoms with Crippen LogP contribution in [0.5, 0.6) is 17.4 Å². The Morgan fingerprint density at radius 2 is 2.07 bits per heavy atom. The van der Waals surface area contributed by atoms with Gasteiger partial charge in [-0.3, -0.25) is 4.72 Å². The molecule has 10 nitrogen and oxygen atoms in total. The van der Waals surface area contributed by atoms with Crippen LogP contribution in [-0.2, 0) is 10.2 Å². The lowest BCUT2D eigenvalue weighted by Gasteiger charge is -2.15. The van der Waals surface area contributed by atoms with E-state index in [-0.39, 0.29) is 38.2 Å². The number of nitrogens with one attached hydrogen (secondary N) is 2. The highest BCUT2D eigenvalue weighted by atomic mass is 32.2. The van der Waals surface area contributed by atoms with E-state index in [4.69, 9.17) is 19.3 Å². The number of anilines is 1. The Morgan fingerprint density at radius 1 is 1.26 bits per heavy atom. The number of hydrogen-bond acceptors (Lipinski definition) is 8. The molecule has 0 aliphatic carbocycles. The molecule has 146 valence electrons. The van der Waals surface area contributed by atoms with Crippen molar-refractivity contribution >= 4 is 16.0 Å². The monoisotopic (exact) mass is 396 g/mol. The number of nitrogens with zero attached hydrogens (tertiary/aromatic N) is 2. The van der Waals surface area contributed by atoms with Gasteiger partial charge in [0.2, 0.25) is 12.7 Å². The number of aliphatic hydroxyl groups excluding tert-OH is 1. The van der Waals surface area contributed by atoms with Crippen LogP contribution in [0, 0.1) is 0 Å². The molecular weight excluding hydrogens is 376 g/mol. The van der Waals surface area contributed by atoms with Gasteiger partial charge < -0.3 is 19.3 Å². The number of rotatable bonds is 9. The summed E-state index contributed by atoms with van der Waals surface area (Å²) in [7, 11) is -3.83. The fourth-order valence-corrected chi connectivity index (χ4v) is 3.36. The third kappa shape index (κ3) is 4.56. The molecule has 0 radical (unpaired) electrons. The zero-order valence-corrected chi connectivity index (χ0v) is 15.5. The zero-order valence-electron chi connectivity index (χ0n) is 14.6. The smallest absolute Gasteiger partial charge is 0.300 e. The minimum absolute atomic E-state index is 0.00512. The van der Waals surface area contributed by atoms with E-state index in [0.717, 1.165) is 0 Å². The summed E-state index contributed by atoms with van der Waals surface area (Å²) in [4.78, 5) is 8.12. The highest BCUT2D eigenvalue weighted by Gasteiger charge is 2.22. The van der Waals surface area contributed by atoms with Crippen molar-refractivity contribution in [2.45, 2.75) is 13.3 Å². The average molecular weight is 396 g/mol. The van der Waals surface area contributed by atoms with Gasteiger partial charge in [-0.2, -0.15) is 13.1 Å². The zero-order chi connectivity index (χ0) is 19.3. The maximum atomic E-state index is 12.2. The van der Waals surface area contributed by atoms with Crippen LogP contribution < -0.4 is 23.7 Å². The molecule has 1 aromatic carbocycles. The molecule has 1 aliphatic heterocycles. The first kappa shape index (κ1) is 19.1. The van der Waals surface area contributed by atoms with Gasteiger partial charge in [-0.1, -0.05) is 13.0 Å². The number of hydrogen-bond donors (Lipinski definition) is 3. The first-order valence-electron chi connectivity index (χ1n) is 8.30. The molecule has 2 heterocycles. The van der Waals surface area contributed by atoms with Crippen molar-refractivity contribution in [1.82, 2.24) is 14.7 Å². The molecule has 0 saturated carbocycles. The highest BCUT2D eigenvalue weighted by Crippen LogP contribution is 2.40. The minimum atomic E-state index is -3.83. The van der Waals surface area contributed by atoms with Crippen molar-refractivity contribution in [3.05, 3.63) is 24.5 Å². The lowest BCUT2D eigenvalue weighted by Crippen LogP contribution is -2.31. The third-order valence-corrected chi connectivity index (χ3v) is 4.62. The van der Waals surface area contributed by atoms with Crippen LogP contribution in [0.4, 0.5) is 5.82 Å². The Labute approximate surface area is 156 Å². The van der Waals surface area contributed by atoms with Crippen LogP contribution in [0.15, 0.2) is 24.5 Å². The molecule has 11 heteroatoms. The molecule has 3 N–H and O–H groups in total. The molecule has 0 spiro atoms. The van der Waals surface area contributed by atoms with Crippen molar-refractivity contribution in [1.29, 1.82) is 0 Å². The van der Waals surface area contributed by atoms with Crippen LogP contribution in [0.1, 0.15) is 13.3 Å². The first-order chi connectivity index (χ1) is 13.0. The summed E-state index contributed by atoms with van der Waals surface area (Å²) in [5.41, 5.74) is 0.895. The Morgan fingerprint density at radius 3 is 2.85 bits per heavy atom. The Balaban J connectivity index is 2.03. The lowest BCUT2D eigenvalue weighted by atomic mass is 10.1. The Hall–Kier alpha value is -2.63. The van der Waals surface area contributed by atoms with Crippen molar-refractivity contribution in [2.75, 3.05) is 31.3 Å². The molecule has 27 heavy (non-hydrogen) atoms. The maximum absolute atomic E-state index is 12.2. The average Bonchev–Trinajstić information content (AvgIpc) is 3.12. The van der Waals surface area contributed by atoms with Gasteiger partial charge >= 0.3 is 0 Å². The minimum Gasteiger partial charge on any atom is -0.475 e. The fourth-order valence-electron chi connectivity index (χ4n) is 2.41. The summed E-state index contributed by atoms with van der Waals surface area (Å²) < 4.78 is 45.5. The third-order valence-electron chi connectivity index (χ3n) is 3.58. The summed E-state index contributed by atoms with van der Waals surface area (Å²) in [5.74, 6) is 1.27. The van der Waals surface area contributed by atoms with Crippen LogP contribution in [-0.4, -0.2) is 50.0 Å². The highest BCUT2D eigenvalue weighted by molar-refractivity contribution is 7.90. The van der Waals surface area contributed by atoms with Crippen molar-refractivity contribution < 1.29 is 27.7 Å². The second-order valence-electron chi connectivity index (χ2n) is 5.54. The molecule has 0 amide bonds. The standard InChI is InChI=1S/C16H20N4O6S/c1-2-5-19-27(22,23)20-15-14(16(18-9-17-15)24-7-6-21)11-3-4-12-13(8-11)26-10-25-12/h3-4,8-9,19,21H,2,5-7,10H2,1H3,(H,17,18,20). The quantitative estimate of drug-likeness (QED) is 0.570. The van der Waals surface area contributed by atoms with E-state index in [9.17, 15) is 8.42 Å². The second-order valence-corrected chi connectivity index (χ2v) is 7.04. The predicted octanol–water partition coefficient (Wildman–Crippen LogP) is 0.900. The number of ether oxygens (including phenoxy) is 3. The molecule has 2 aromatic rings. The van der Waals surface area contributed by atoms with E-state index in [1.165, 1.54) is 6.33 Å². The molecular formula is C16H20N4O6S. The first-order valence-corrected chi connectivity index (χ1v) is 9.78. The Kier molecular flexibility index (Phi) is 5.94. The summed E-state index contributed by atoms with van der Waals surface area (Å²) in [6, 6.07) is 5.10. The van der Waals surface area contributed by atoms with E-state index < -0.39 is 10.2 Å². The molecule has 0 unspecified atom stereocenters. The van der Waals surface area contributed by atoms with E-state index in [1.54, 1.807) is 18.2 Å². The van der Waals surface area contributed by atoms with Crippen LogP contribution in [0.3, 0.4) is 0 Å². The summed E-state index contributed by atoms with van der Waals surface area (Å²) in [6.45, 7) is 2.02. The summed E-state index contributed by atoms with van der Waals surface area (Å²) >= 11 is 0. The van der Waals surface area contributed by atoms with Crippen molar-refractivity contribution in [3.8, 4) is 28.5 Å². The largest absolute Gasteiger partial charge is 0.475 e. The number of fused-ring (bicyclic) bond motifs is 1. The van der Waals surface area contributed by atoms with Gasteiger partial charge in [0.25, 0.3) is 10.2 Å². The van der Waals surface area contributed by atoms with E-state index in [0.29, 0.717) is 29.0 Å². The normalized spacial score (nSPS) is 12.8. The van der Waals surface area contributed by atoms with Gasteiger partial charge in [0, 0.05) is 6.54 Å². The van der Waals surface area contributed by atoms with Crippen molar-refractivity contribution in [2.24, 2.45) is 0 Å². The van der Waals surface area contributed by atoms with Gasteiger partial charge in [0.05, 0.1) is 12.2 Å². The van der Waals surface area contributed by atoms with E-state index >= 15 is 0 Å². The molecule has 0 fully saturated rings. The van der Waals surface area contributed by atoms with Crippen molar-refractivity contribution in [3.63, 3.8) is 0 Å². The maximum Gasteiger partial charge on any atom is 0.300 e. The summed E-state index contributed by atoms with van der Waals surface area (Å²) in [5, 5.41) is 9.04. The molecule has 0 bridgehead atoms. The topological polar surface area (TPSA) is 132 Å². The van der Waals surface area contributed by atoms with E-state index in [2.05, 4.69) is 19.4 Å². The van der Waals surface area contributed by atoms with E-state index in [1.807, 2.05) is 6.92 Å². The number of aromatic nitrogens is 2. The fraction of sp³-hybridized carbons (Fsp3) is 0.375. The van der Waals surface area contributed by atoms with Gasteiger partial charge in [0.1, 0.15) is 12.9 Å². The predicted molar refractivity (Wildman–Crippen MR) is 97.0 cm³/mol. The molecule has 3 rings (SSSR count). The Bertz CT molecular complexity index is 906. The van der Waals surface area contributed by atoms with Gasteiger partial charge in [-0.25, -0.2) is 9.97 Å². The lowest BCUT2D eigenvalue weighted by molar-refractivity contribution is 0.174. The van der Waals surface area contributed by atoms with Gasteiger partial charge in [-0.15, -0.1) is 0 Å². The molecule has 1 aliphatic rings. The van der Waals surface area contributed by atoms with Gasteiger partial charge in [0.15, 0.2) is 17.3 Å². The SMILES string of the molecule is CCCNS(=O)(=O)Nc1ncnc(OCCO)c1-c1ccc2c(c1)OCO2. The van der Waals surface area contributed by atoms with Crippen LogP contribution >= 0.6 is 0 Å². The second kappa shape index (κ2) is 8.37. The molecule has 0 saturated heterocycles. The molecule has 1 aromatic heterocycles. The van der Waals surface area contributed by atoms with Gasteiger partial charge in [-0.05, 0) is 24.1 Å². The number of benzene rings is 1. The van der Waals surface area contributed by atoms with Crippen LogP contribution in [0.25, 0.3) is 11.1 Å². The van der Waals surface area contributed by atoms with Crippen LogP contribution in [0.2, 0.25) is 0 Å².